The van der Waals surface area contributed by atoms with E-state index >= 15 is 0 Å². The first kappa shape index (κ1) is 14.9. The Labute approximate surface area is 124 Å². The quantitative estimate of drug-likeness (QED) is 0.767. The zero-order chi connectivity index (χ0) is 7.98. The summed E-state index contributed by atoms with van der Waals surface area (Å²) in [6.07, 6.45) is -0.00543. The van der Waals surface area contributed by atoms with Gasteiger partial charge in [0.25, 0.3) is 0 Å². The number of hydrogen-bond donors (Lipinski definition) is 0. The molecule has 0 amide bonds. The molecule has 1 radical (unpaired) electrons. The number of hydrogen-bond acceptors (Lipinski definition) is 3. The Morgan fingerprint density at radius 1 is 1.64 bits per heavy atom. The van der Waals surface area contributed by atoms with Crippen LogP contribution in [0, 0.1) is 0 Å². The van der Waals surface area contributed by atoms with Crippen LogP contribution in [-0.4, -0.2) is 87.6 Å². The average molecular weight is 283 g/mol. The van der Waals surface area contributed by atoms with Crippen LogP contribution in [0.4, 0.5) is 4.53 Å². The second kappa shape index (κ2) is 9.50. The summed E-state index contributed by atoms with van der Waals surface area (Å²) in [5, 5.41) is 0. The van der Waals surface area contributed by atoms with Gasteiger partial charge in [0.1, 0.15) is 0 Å². The van der Waals surface area contributed by atoms with E-state index in [-0.39, 0.29) is 68.9 Å². The van der Waals surface area contributed by atoms with Crippen molar-refractivity contribution in [2.45, 2.75) is 26.4 Å². The van der Waals surface area contributed by atoms with E-state index in [0.717, 1.165) is 6.42 Å². The molecule has 0 bridgehead atoms. The molecular weight excluding hydrogens is 272 g/mol. The maximum atomic E-state index is 11.1. The normalized spacial score (nSPS) is 11.5. The van der Waals surface area contributed by atoms with Crippen molar-refractivity contribution >= 4 is 74.9 Å². The number of rotatable bonds is 4. The fraction of sp³-hybridized carbons (Fsp3) is 0.833. The Morgan fingerprint density at radius 3 is 2.55 bits per heavy atom. The molecule has 0 aromatic rings. The monoisotopic (exact) mass is 283 g/mol. The van der Waals surface area contributed by atoms with Gasteiger partial charge in [-0.3, -0.25) is 4.94 Å². The molecule has 0 fully saturated rings. The van der Waals surface area contributed by atoms with Crippen LogP contribution in [0.1, 0.15) is 20.3 Å². The van der Waals surface area contributed by atoms with Crippen molar-refractivity contribution in [1.82, 2.24) is 0 Å². The van der Waals surface area contributed by atoms with Gasteiger partial charge >= 0.3 is 5.97 Å². The molecule has 0 saturated carbocycles. The Bertz CT molecular complexity index is 110. The van der Waals surface area contributed by atoms with Crippen molar-refractivity contribution in [3.63, 3.8) is 0 Å². The van der Waals surface area contributed by atoms with Crippen molar-refractivity contribution in [3.05, 3.63) is 0 Å². The molecule has 0 saturated heterocycles. The van der Waals surface area contributed by atoms with Gasteiger partial charge in [0, 0.05) is 80.0 Å². The van der Waals surface area contributed by atoms with E-state index in [2.05, 4.69) is 4.94 Å². The molecule has 5 heteroatoms. The van der Waals surface area contributed by atoms with E-state index in [9.17, 15) is 9.32 Å². The zero-order valence-corrected chi connectivity index (χ0v) is 13.4. The van der Waals surface area contributed by atoms with Crippen molar-refractivity contribution in [2.75, 3.05) is 6.61 Å². The van der Waals surface area contributed by atoms with Gasteiger partial charge in [-0.2, -0.15) is 0 Å². The smallest absolute Gasteiger partial charge is 0.367 e. The fourth-order valence-corrected chi connectivity index (χ4v) is 0.425. The summed E-state index contributed by atoms with van der Waals surface area (Å²) >= 11 is 0. The SMILES string of the molecule is CCCOC(C)C(=O)OF.[Cs]. The first-order valence-electron chi connectivity index (χ1n) is 3.16. The molecule has 0 rings (SSSR count). The molecule has 0 aliphatic rings. The van der Waals surface area contributed by atoms with E-state index in [1.807, 2.05) is 6.92 Å². The minimum absolute atomic E-state index is 0. The van der Waals surface area contributed by atoms with Crippen LogP contribution in [-0.2, 0) is 14.5 Å². The van der Waals surface area contributed by atoms with Gasteiger partial charge in [0.15, 0.2) is 6.10 Å². The van der Waals surface area contributed by atoms with Crippen LogP contribution in [0.15, 0.2) is 0 Å². The minimum atomic E-state index is -0.978. The third-order valence-corrected chi connectivity index (χ3v) is 0.980. The summed E-state index contributed by atoms with van der Waals surface area (Å²) in [5.41, 5.74) is 0. The third kappa shape index (κ3) is 7.76. The summed E-state index contributed by atoms with van der Waals surface area (Å²) < 4.78 is 16.0. The summed E-state index contributed by atoms with van der Waals surface area (Å²) in [6, 6.07) is 0. The van der Waals surface area contributed by atoms with Crippen LogP contribution in [0.2, 0.25) is 0 Å². The van der Waals surface area contributed by atoms with Gasteiger partial charge in [-0.1, -0.05) is 6.92 Å². The molecule has 0 aromatic carbocycles. The Balaban J connectivity index is 0. The molecule has 0 aliphatic heterocycles. The zero-order valence-electron chi connectivity index (χ0n) is 7.09. The molecule has 61 valence electrons. The standard InChI is InChI=1S/C6H11FO3.Cs/c1-3-4-9-5(2)6(8)10-7;/h5H,3-4H2,1-2H3;. The van der Waals surface area contributed by atoms with E-state index in [0.29, 0.717) is 6.61 Å². The number of carbonyl (C=O) groups is 1. The molecule has 0 aromatic heterocycles. The van der Waals surface area contributed by atoms with Gasteiger partial charge in [0.2, 0.25) is 0 Å². The summed E-state index contributed by atoms with van der Waals surface area (Å²) in [6.45, 7) is 3.78. The number of carbonyl (C=O) groups excluding carboxylic acids is 1. The average Bonchev–Trinajstić information content (AvgIpc) is 1.98. The maximum Gasteiger partial charge on any atom is 0.376 e. The van der Waals surface area contributed by atoms with E-state index in [1.165, 1.54) is 6.92 Å². The Hall–Kier alpha value is 1.41. The fourth-order valence-electron chi connectivity index (χ4n) is 0.425. The Morgan fingerprint density at radius 2 is 2.18 bits per heavy atom. The van der Waals surface area contributed by atoms with Crippen molar-refractivity contribution in [3.8, 4) is 0 Å². The second-order valence-corrected chi connectivity index (χ2v) is 1.91. The number of ether oxygens (including phenoxy) is 1. The van der Waals surface area contributed by atoms with Gasteiger partial charge in [-0.15, -0.1) is 0 Å². The molecule has 11 heavy (non-hydrogen) atoms. The van der Waals surface area contributed by atoms with Crippen LogP contribution < -0.4 is 0 Å². The summed E-state index contributed by atoms with van der Waals surface area (Å²) in [7, 11) is 0. The molecule has 0 aliphatic carbocycles. The maximum absolute atomic E-state index is 11.1. The van der Waals surface area contributed by atoms with E-state index < -0.39 is 12.1 Å². The van der Waals surface area contributed by atoms with Crippen molar-refractivity contribution in [1.29, 1.82) is 0 Å². The van der Waals surface area contributed by atoms with E-state index in [1.54, 1.807) is 0 Å². The molecule has 0 spiro atoms. The predicted molar refractivity (Wildman–Crippen MR) is 38.7 cm³/mol. The third-order valence-electron chi connectivity index (χ3n) is 0.980. The van der Waals surface area contributed by atoms with Crippen molar-refractivity contribution in [2.24, 2.45) is 0 Å². The number of halogens is 1. The van der Waals surface area contributed by atoms with Crippen LogP contribution in [0.3, 0.4) is 0 Å². The first-order valence-corrected chi connectivity index (χ1v) is 3.16. The summed E-state index contributed by atoms with van der Waals surface area (Å²) in [5.74, 6) is -0.978. The topological polar surface area (TPSA) is 35.5 Å². The molecule has 3 nitrogen and oxygen atoms in total. The minimum Gasteiger partial charge on any atom is -0.367 e. The largest absolute Gasteiger partial charge is 0.376 e. The summed E-state index contributed by atoms with van der Waals surface area (Å²) in [4.78, 5) is 13.2. The van der Waals surface area contributed by atoms with Crippen LogP contribution in [0.25, 0.3) is 0 Å². The molecule has 1 unspecified atom stereocenters. The van der Waals surface area contributed by atoms with Crippen LogP contribution >= 0.6 is 0 Å². The molecular formula is C6H11CsFO3. The molecule has 0 heterocycles. The van der Waals surface area contributed by atoms with Gasteiger partial charge in [-0.05, 0) is 13.3 Å². The van der Waals surface area contributed by atoms with Gasteiger partial charge in [-0.25, -0.2) is 4.79 Å². The van der Waals surface area contributed by atoms with Crippen molar-refractivity contribution < 1.29 is 19.0 Å². The van der Waals surface area contributed by atoms with Gasteiger partial charge in [0.05, 0.1) is 0 Å². The molecule has 0 N–H and O–H groups in total. The van der Waals surface area contributed by atoms with Crippen LogP contribution in [0.5, 0.6) is 0 Å². The Kier molecular flexibility index (Phi) is 12.9. The first-order chi connectivity index (χ1) is 4.72. The van der Waals surface area contributed by atoms with Gasteiger partial charge < -0.3 is 4.74 Å². The molecule has 1 atom stereocenters. The van der Waals surface area contributed by atoms with E-state index in [4.69, 9.17) is 4.74 Å². The predicted octanol–water partition coefficient (Wildman–Crippen LogP) is 0.848. The second-order valence-electron chi connectivity index (χ2n) is 1.91.